The zero-order valence-electron chi connectivity index (χ0n) is 19.5. The molecule has 1 aliphatic heterocycles. The number of amides is 1. The predicted molar refractivity (Wildman–Crippen MR) is 135 cm³/mol. The molecule has 5 nitrogen and oxygen atoms in total. The number of furan rings is 1. The van der Waals surface area contributed by atoms with Crippen LogP contribution in [0.5, 0.6) is 0 Å². The molecule has 3 aromatic carbocycles. The lowest BCUT2D eigenvalue weighted by Gasteiger charge is -2.21. The third kappa shape index (κ3) is 6.08. The van der Waals surface area contributed by atoms with Crippen molar-refractivity contribution in [3.05, 3.63) is 89.7 Å². The quantitative estimate of drug-likeness (QED) is 0.197. The van der Waals surface area contributed by atoms with Gasteiger partial charge in [0.05, 0.1) is 11.6 Å². The highest BCUT2D eigenvalue weighted by molar-refractivity contribution is 7.97. The van der Waals surface area contributed by atoms with E-state index in [9.17, 15) is 22.4 Å². The highest BCUT2D eigenvalue weighted by atomic mass is 32.2. The van der Waals surface area contributed by atoms with Gasteiger partial charge < -0.3 is 15.1 Å². The van der Waals surface area contributed by atoms with Gasteiger partial charge in [-0.3, -0.25) is 4.79 Å². The SMILES string of the molecule is O=C(NCc1cccc(Nc2ccc(C(F)(F)F)cc2)c1)[C@@H]1CCCN1Sc1cc2cc(F)ccc2o1. The molecule has 0 saturated carbocycles. The Labute approximate surface area is 215 Å². The van der Waals surface area contributed by atoms with Crippen molar-refractivity contribution in [2.24, 2.45) is 0 Å². The van der Waals surface area contributed by atoms with Crippen molar-refractivity contribution in [1.29, 1.82) is 0 Å². The fraction of sp³-hybridized carbons (Fsp3) is 0.222. The van der Waals surface area contributed by atoms with E-state index in [1.807, 2.05) is 22.5 Å². The lowest BCUT2D eigenvalue weighted by Crippen LogP contribution is -2.40. The zero-order chi connectivity index (χ0) is 26.0. The summed E-state index contributed by atoms with van der Waals surface area (Å²) in [5.41, 5.74) is 1.96. The first-order chi connectivity index (χ1) is 17.7. The molecule has 0 spiro atoms. The largest absolute Gasteiger partial charge is 0.449 e. The van der Waals surface area contributed by atoms with Gasteiger partial charge in [0, 0.05) is 29.9 Å². The molecule has 0 bridgehead atoms. The van der Waals surface area contributed by atoms with Crippen molar-refractivity contribution < 1.29 is 26.8 Å². The highest BCUT2D eigenvalue weighted by Gasteiger charge is 2.32. The van der Waals surface area contributed by atoms with Gasteiger partial charge in [-0.25, -0.2) is 8.70 Å². The normalized spacial score (nSPS) is 16.3. The Morgan fingerprint density at radius 1 is 1.03 bits per heavy atom. The lowest BCUT2D eigenvalue weighted by atomic mass is 10.1. The number of hydrogen-bond acceptors (Lipinski definition) is 5. The van der Waals surface area contributed by atoms with Crippen molar-refractivity contribution in [1.82, 2.24) is 9.62 Å². The number of anilines is 2. The lowest BCUT2D eigenvalue weighted by molar-refractivity contribution is -0.137. The first-order valence-electron chi connectivity index (χ1n) is 11.7. The summed E-state index contributed by atoms with van der Waals surface area (Å²) < 4.78 is 59.6. The Hall–Kier alpha value is -3.50. The van der Waals surface area contributed by atoms with Crippen molar-refractivity contribution in [3.8, 4) is 0 Å². The van der Waals surface area contributed by atoms with Crippen LogP contribution in [0.15, 0.2) is 82.3 Å². The summed E-state index contributed by atoms with van der Waals surface area (Å²) in [6.45, 7) is 1.03. The van der Waals surface area contributed by atoms with E-state index >= 15 is 0 Å². The predicted octanol–water partition coefficient (Wildman–Crippen LogP) is 7.12. The fourth-order valence-electron chi connectivity index (χ4n) is 4.24. The minimum Gasteiger partial charge on any atom is -0.449 e. The number of fused-ring (bicyclic) bond motifs is 1. The van der Waals surface area contributed by atoms with Gasteiger partial charge in [-0.1, -0.05) is 12.1 Å². The summed E-state index contributed by atoms with van der Waals surface area (Å²) in [5.74, 6) is -0.435. The van der Waals surface area contributed by atoms with Crippen LogP contribution in [0.4, 0.5) is 28.9 Å². The molecule has 10 heteroatoms. The number of nitrogens with zero attached hydrogens (tertiary/aromatic N) is 1. The van der Waals surface area contributed by atoms with E-state index in [2.05, 4.69) is 10.6 Å². The van der Waals surface area contributed by atoms with E-state index in [4.69, 9.17) is 4.42 Å². The maximum absolute atomic E-state index is 13.5. The second-order valence-electron chi connectivity index (χ2n) is 8.76. The van der Waals surface area contributed by atoms with Crippen LogP contribution < -0.4 is 10.6 Å². The Balaban J connectivity index is 1.18. The summed E-state index contributed by atoms with van der Waals surface area (Å²) in [5, 5.41) is 7.34. The molecule has 5 rings (SSSR count). The third-order valence-corrected chi connectivity index (χ3v) is 7.12. The standard InChI is InChI=1S/C27H23F4N3O2S/c28-20-8-11-24-18(14-20)15-25(36-24)37-34-12-2-5-23(34)26(35)32-16-17-3-1-4-22(13-17)33-21-9-6-19(7-10-21)27(29,30)31/h1,3-4,6-11,13-15,23,33H,2,5,12,16H2,(H,32,35)/t23-/m0/s1. The third-order valence-electron chi connectivity index (χ3n) is 6.06. The van der Waals surface area contributed by atoms with Crippen LogP contribution in [-0.4, -0.2) is 22.8 Å². The number of nitrogens with one attached hydrogen (secondary N) is 2. The zero-order valence-corrected chi connectivity index (χ0v) is 20.3. The van der Waals surface area contributed by atoms with E-state index < -0.39 is 11.7 Å². The second-order valence-corrected chi connectivity index (χ2v) is 9.81. The average Bonchev–Trinajstić information content (AvgIpc) is 3.49. The van der Waals surface area contributed by atoms with Gasteiger partial charge in [-0.05, 0) is 91.0 Å². The van der Waals surface area contributed by atoms with Crippen molar-refractivity contribution in [2.45, 2.75) is 36.7 Å². The molecule has 2 N–H and O–H groups in total. The Kier molecular flexibility index (Phi) is 7.12. The van der Waals surface area contributed by atoms with Crippen LogP contribution in [0.3, 0.4) is 0 Å². The molecule has 1 amide bonds. The number of benzene rings is 3. The topological polar surface area (TPSA) is 57.5 Å². The number of alkyl halides is 3. The van der Waals surface area contributed by atoms with Gasteiger partial charge in [0.2, 0.25) is 5.91 Å². The van der Waals surface area contributed by atoms with Crippen LogP contribution in [0.2, 0.25) is 0 Å². The van der Waals surface area contributed by atoms with E-state index in [-0.39, 0.29) is 17.8 Å². The summed E-state index contributed by atoms with van der Waals surface area (Å²) in [6.07, 6.45) is -2.80. The van der Waals surface area contributed by atoms with Crippen molar-refractivity contribution in [3.63, 3.8) is 0 Å². The Morgan fingerprint density at radius 2 is 1.84 bits per heavy atom. The molecule has 2 heterocycles. The minimum absolute atomic E-state index is 0.103. The van der Waals surface area contributed by atoms with Gasteiger partial charge >= 0.3 is 6.18 Å². The van der Waals surface area contributed by atoms with Gasteiger partial charge in [-0.15, -0.1) is 0 Å². The number of hydrogen-bond donors (Lipinski definition) is 2. The molecule has 1 atom stereocenters. The van der Waals surface area contributed by atoms with Crippen LogP contribution in [0, 0.1) is 5.82 Å². The highest BCUT2D eigenvalue weighted by Crippen LogP contribution is 2.35. The molecule has 37 heavy (non-hydrogen) atoms. The first-order valence-corrected chi connectivity index (χ1v) is 12.5. The minimum atomic E-state index is -4.38. The van der Waals surface area contributed by atoms with Crippen LogP contribution in [-0.2, 0) is 17.5 Å². The number of rotatable bonds is 7. The van der Waals surface area contributed by atoms with Crippen molar-refractivity contribution >= 4 is 40.2 Å². The Bertz CT molecular complexity index is 1410. The molecule has 4 aromatic rings. The van der Waals surface area contributed by atoms with Gasteiger partial charge in [-0.2, -0.15) is 13.2 Å². The molecular formula is C27H23F4N3O2S. The Morgan fingerprint density at radius 3 is 2.62 bits per heavy atom. The number of halogens is 4. The molecule has 1 aliphatic rings. The first kappa shape index (κ1) is 25.2. The second kappa shape index (κ2) is 10.5. The van der Waals surface area contributed by atoms with Gasteiger partial charge in [0.15, 0.2) is 5.09 Å². The number of carbonyl (C=O) groups excluding carboxylic acids is 1. The molecule has 0 radical (unpaired) electrons. The molecule has 0 unspecified atom stereocenters. The summed E-state index contributed by atoms with van der Waals surface area (Å²) in [6, 6.07) is 17.9. The summed E-state index contributed by atoms with van der Waals surface area (Å²) in [4.78, 5) is 13.0. The molecule has 1 aromatic heterocycles. The maximum atomic E-state index is 13.5. The number of carbonyl (C=O) groups is 1. The molecule has 1 fully saturated rings. The van der Waals surface area contributed by atoms with E-state index in [1.54, 1.807) is 18.2 Å². The molecule has 192 valence electrons. The van der Waals surface area contributed by atoms with Crippen LogP contribution in [0.1, 0.15) is 24.0 Å². The average molecular weight is 530 g/mol. The molecular weight excluding hydrogens is 506 g/mol. The van der Waals surface area contributed by atoms with Gasteiger partial charge in [0.25, 0.3) is 0 Å². The molecule has 1 saturated heterocycles. The molecule has 0 aliphatic carbocycles. The van der Waals surface area contributed by atoms with Crippen LogP contribution in [0.25, 0.3) is 11.0 Å². The monoisotopic (exact) mass is 529 g/mol. The van der Waals surface area contributed by atoms with Crippen molar-refractivity contribution in [2.75, 3.05) is 11.9 Å². The van der Waals surface area contributed by atoms with E-state index in [0.29, 0.717) is 40.4 Å². The maximum Gasteiger partial charge on any atom is 0.416 e. The summed E-state index contributed by atoms with van der Waals surface area (Å²) >= 11 is 1.35. The van der Waals surface area contributed by atoms with E-state index in [1.165, 1.54) is 36.2 Å². The van der Waals surface area contributed by atoms with E-state index in [0.717, 1.165) is 30.7 Å². The summed E-state index contributed by atoms with van der Waals surface area (Å²) in [7, 11) is 0. The fourth-order valence-corrected chi connectivity index (χ4v) is 5.32. The van der Waals surface area contributed by atoms with Crippen LogP contribution >= 0.6 is 11.9 Å². The smallest absolute Gasteiger partial charge is 0.416 e. The van der Waals surface area contributed by atoms with Gasteiger partial charge in [0.1, 0.15) is 11.4 Å².